The molecule has 3 rings (SSSR count). The Kier molecular flexibility index (Phi) is 5.02. The lowest BCUT2D eigenvalue weighted by molar-refractivity contribution is 0.101. The van der Waals surface area contributed by atoms with Gasteiger partial charge in [-0.15, -0.1) is 0 Å². The van der Waals surface area contributed by atoms with Gasteiger partial charge in [0.2, 0.25) is 11.7 Å². The van der Waals surface area contributed by atoms with Crippen LogP contribution in [0, 0.1) is 12.7 Å². The number of aromatic hydroxyl groups is 2. The number of carbonyl (C=O) groups is 1. The Balaban J connectivity index is 2.35. The largest absolute Gasteiger partial charge is 0.503 e. The van der Waals surface area contributed by atoms with E-state index in [1.165, 1.54) is 24.3 Å². The third kappa shape index (κ3) is 3.09. The molecule has 0 aliphatic carbocycles. The molecule has 2 aromatic heterocycles. The highest BCUT2D eigenvalue weighted by Gasteiger charge is 2.33. The number of furan rings is 1. The smallest absolute Gasteiger partial charge is 0.236 e. The van der Waals surface area contributed by atoms with Gasteiger partial charge in [-0.3, -0.25) is 4.79 Å². The summed E-state index contributed by atoms with van der Waals surface area (Å²) >= 11 is 0. The molecule has 4 N–H and O–H groups in total. The van der Waals surface area contributed by atoms with Crippen LogP contribution < -0.4 is 0 Å². The topological polar surface area (TPSA) is 116 Å². The molecule has 0 fully saturated rings. The number of benzene rings is 1. The van der Waals surface area contributed by atoms with Crippen LogP contribution in [0.15, 0.2) is 40.8 Å². The first-order valence-corrected chi connectivity index (χ1v) is 8.14. The van der Waals surface area contributed by atoms with Gasteiger partial charge in [0.05, 0.1) is 30.5 Å². The first-order valence-electron chi connectivity index (χ1n) is 8.14. The zero-order chi connectivity index (χ0) is 19.7. The highest BCUT2D eigenvalue weighted by molar-refractivity contribution is 6.13. The third-order valence-corrected chi connectivity index (χ3v) is 4.26. The summed E-state index contributed by atoms with van der Waals surface area (Å²) in [7, 11) is 0. The van der Waals surface area contributed by atoms with Crippen LogP contribution >= 0.6 is 0 Å². The second-order valence-electron chi connectivity index (χ2n) is 6.00. The molecule has 0 unspecified atom stereocenters. The highest BCUT2D eigenvalue weighted by atomic mass is 19.1. The molecular formula is C19H18FNO6. The number of carbonyl (C=O) groups excluding carboxylic acids is 1. The summed E-state index contributed by atoms with van der Waals surface area (Å²) in [6, 6.07) is 7.31. The van der Waals surface area contributed by atoms with Crippen molar-refractivity contribution in [2.45, 2.75) is 13.0 Å². The maximum absolute atomic E-state index is 14.5. The molecule has 0 saturated carbocycles. The van der Waals surface area contributed by atoms with E-state index in [1.54, 1.807) is 13.0 Å². The predicted molar refractivity (Wildman–Crippen MR) is 93.2 cm³/mol. The number of aliphatic hydroxyl groups excluding tert-OH is 2. The van der Waals surface area contributed by atoms with Crippen LogP contribution in [0.1, 0.15) is 27.9 Å². The van der Waals surface area contributed by atoms with E-state index < -0.39 is 42.5 Å². The highest BCUT2D eigenvalue weighted by Crippen LogP contribution is 2.44. The van der Waals surface area contributed by atoms with Crippen LogP contribution in [0.3, 0.4) is 0 Å². The van der Waals surface area contributed by atoms with Crippen LogP contribution in [-0.4, -0.2) is 44.0 Å². The van der Waals surface area contributed by atoms with Gasteiger partial charge >= 0.3 is 0 Å². The van der Waals surface area contributed by atoms with Gasteiger partial charge in [-0.05, 0) is 31.2 Å². The molecule has 0 spiro atoms. The Hall–Kier alpha value is -3.10. The fraction of sp³-hybridized carbons (Fsp3) is 0.211. The second-order valence-corrected chi connectivity index (χ2v) is 6.00. The molecule has 0 aliphatic heterocycles. The van der Waals surface area contributed by atoms with Crippen LogP contribution in [0.25, 0.3) is 11.3 Å². The lowest BCUT2D eigenvalue weighted by Gasteiger charge is -2.19. The summed E-state index contributed by atoms with van der Waals surface area (Å²) in [4.78, 5) is 12.9. The van der Waals surface area contributed by atoms with Crippen LogP contribution in [0.5, 0.6) is 11.6 Å². The first-order chi connectivity index (χ1) is 12.9. The maximum Gasteiger partial charge on any atom is 0.236 e. The van der Waals surface area contributed by atoms with Crippen molar-refractivity contribution in [3.63, 3.8) is 0 Å². The van der Waals surface area contributed by atoms with Gasteiger partial charge in [0, 0.05) is 5.56 Å². The van der Waals surface area contributed by atoms with E-state index in [0.717, 1.165) is 10.6 Å². The Morgan fingerprint density at radius 2 is 1.81 bits per heavy atom. The minimum absolute atomic E-state index is 0.0911. The first kappa shape index (κ1) is 18.7. The molecule has 142 valence electrons. The minimum Gasteiger partial charge on any atom is -0.503 e. The summed E-state index contributed by atoms with van der Waals surface area (Å²) in [5.74, 6) is -2.70. The number of aryl methyl sites for hydroxylation is 1. The molecule has 27 heavy (non-hydrogen) atoms. The quantitative estimate of drug-likeness (QED) is 0.492. The van der Waals surface area contributed by atoms with Gasteiger partial charge in [0.1, 0.15) is 11.6 Å². The molecule has 3 aromatic rings. The fourth-order valence-corrected chi connectivity index (χ4v) is 2.95. The Bertz CT molecular complexity index is 986. The van der Waals surface area contributed by atoms with Crippen LogP contribution in [0.2, 0.25) is 0 Å². The molecule has 2 heterocycles. The fourth-order valence-electron chi connectivity index (χ4n) is 2.95. The molecule has 0 atom stereocenters. The standard InChI is InChI=1S/C19H18FNO6/c1-10-6-7-14(27-10)17(24)15-16(12-4-2-3-5-13(12)20)21(11(8-22)9-23)19(26)18(15)25/h2-7,11,22-23,25-26H,8-9H2,1H3. The molecule has 8 heteroatoms. The SMILES string of the molecule is Cc1ccc(C(=O)c2c(O)c(O)n(C(CO)CO)c2-c2ccccc2F)o1. The van der Waals surface area contributed by atoms with E-state index in [0.29, 0.717) is 5.76 Å². The van der Waals surface area contributed by atoms with Gasteiger partial charge in [-0.25, -0.2) is 4.39 Å². The molecular weight excluding hydrogens is 357 g/mol. The molecule has 0 bridgehead atoms. The normalized spacial score (nSPS) is 11.3. The van der Waals surface area contributed by atoms with E-state index >= 15 is 0 Å². The Morgan fingerprint density at radius 3 is 2.37 bits per heavy atom. The molecule has 0 saturated heterocycles. The van der Waals surface area contributed by atoms with Crippen molar-refractivity contribution in [3.05, 3.63) is 59.3 Å². The van der Waals surface area contributed by atoms with Crippen LogP contribution in [-0.2, 0) is 0 Å². The molecule has 0 aliphatic rings. The van der Waals surface area contributed by atoms with E-state index in [2.05, 4.69) is 0 Å². The van der Waals surface area contributed by atoms with Gasteiger partial charge in [0.15, 0.2) is 11.5 Å². The van der Waals surface area contributed by atoms with E-state index in [-0.39, 0.29) is 22.6 Å². The maximum atomic E-state index is 14.5. The van der Waals surface area contributed by atoms with E-state index in [4.69, 9.17) is 4.42 Å². The molecule has 0 radical (unpaired) electrons. The number of hydrogen-bond donors (Lipinski definition) is 4. The van der Waals surface area contributed by atoms with E-state index in [9.17, 15) is 29.6 Å². The number of aromatic nitrogens is 1. The minimum atomic E-state index is -1.11. The van der Waals surface area contributed by atoms with Crippen molar-refractivity contribution in [3.8, 4) is 22.9 Å². The number of halogens is 1. The van der Waals surface area contributed by atoms with Gasteiger partial charge in [-0.2, -0.15) is 0 Å². The Labute approximate surface area is 153 Å². The number of ketones is 1. The summed E-state index contributed by atoms with van der Waals surface area (Å²) in [5, 5.41) is 39.8. The lowest BCUT2D eigenvalue weighted by atomic mass is 10.0. The average Bonchev–Trinajstić information content (AvgIpc) is 3.20. The number of rotatable bonds is 6. The average molecular weight is 375 g/mol. The molecule has 0 amide bonds. The van der Waals surface area contributed by atoms with Crippen molar-refractivity contribution >= 4 is 5.78 Å². The van der Waals surface area contributed by atoms with Crippen LogP contribution in [0.4, 0.5) is 4.39 Å². The van der Waals surface area contributed by atoms with Gasteiger partial charge in [0.25, 0.3) is 0 Å². The van der Waals surface area contributed by atoms with Crippen molar-refractivity contribution in [2.24, 2.45) is 0 Å². The monoisotopic (exact) mass is 375 g/mol. The predicted octanol–water partition coefficient (Wildman–Crippen LogP) is 2.36. The third-order valence-electron chi connectivity index (χ3n) is 4.26. The summed E-state index contributed by atoms with van der Waals surface area (Å²) < 4.78 is 20.7. The molecule has 7 nitrogen and oxygen atoms in total. The zero-order valence-corrected chi connectivity index (χ0v) is 14.4. The van der Waals surface area contributed by atoms with Gasteiger partial charge < -0.3 is 29.4 Å². The van der Waals surface area contributed by atoms with Crippen molar-refractivity contribution < 1.29 is 34.0 Å². The summed E-state index contributed by atoms with van der Waals surface area (Å²) in [6.45, 7) is 0.394. The summed E-state index contributed by atoms with van der Waals surface area (Å²) in [5.41, 5.74) is -0.652. The van der Waals surface area contributed by atoms with Crippen molar-refractivity contribution in [1.29, 1.82) is 0 Å². The Morgan fingerprint density at radius 1 is 1.15 bits per heavy atom. The lowest BCUT2D eigenvalue weighted by Crippen LogP contribution is -2.18. The second kappa shape index (κ2) is 7.26. The number of nitrogens with zero attached hydrogens (tertiary/aromatic N) is 1. The zero-order valence-electron chi connectivity index (χ0n) is 14.4. The molecule has 1 aromatic carbocycles. The number of hydrogen-bond acceptors (Lipinski definition) is 6. The number of aliphatic hydroxyl groups is 2. The van der Waals surface area contributed by atoms with Crippen molar-refractivity contribution in [2.75, 3.05) is 13.2 Å². The van der Waals surface area contributed by atoms with Gasteiger partial charge in [-0.1, -0.05) is 12.1 Å². The van der Waals surface area contributed by atoms with Crippen molar-refractivity contribution in [1.82, 2.24) is 4.57 Å². The summed E-state index contributed by atoms with van der Waals surface area (Å²) in [6.07, 6.45) is 0. The van der Waals surface area contributed by atoms with E-state index in [1.807, 2.05) is 0 Å².